The number of anilines is 1. The maximum Gasteiger partial charge on any atom is 0.254 e. The molecular formula is C13H16N6O. The first-order chi connectivity index (χ1) is 9.67. The molecule has 0 aliphatic carbocycles. The average Bonchev–Trinajstić information content (AvgIpc) is 3.03. The highest BCUT2D eigenvalue weighted by Gasteiger charge is 2.09. The Kier molecular flexibility index (Phi) is 3.09. The molecule has 7 heteroatoms. The number of aromatic nitrogens is 5. The van der Waals surface area contributed by atoms with Crippen molar-refractivity contribution in [2.75, 3.05) is 5.32 Å². The predicted molar refractivity (Wildman–Crippen MR) is 73.5 cm³/mol. The molecule has 104 valence electrons. The van der Waals surface area contributed by atoms with E-state index >= 15 is 0 Å². The highest BCUT2D eigenvalue weighted by atomic mass is 16.4. The van der Waals surface area contributed by atoms with Gasteiger partial charge in [0.1, 0.15) is 17.9 Å². The first-order valence-electron chi connectivity index (χ1n) is 6.54. The van der Waals surface area contributed by atoms with Crippen molar-refractivity contribution in [1.29, 1.82) is 0 Å². The van der Waals surface area contributed by atoms with Crippen molar-refractivity contribution in [3.8, 4) is 0 Å². The lowest BCUT2D eigenvalue weighted by atomic mass is 10.3. The number of hydrogen-bond donors (Lipinski definition) is 1. The Morgan fingerprint density at radius 1 is 1.30 bits per heavy atom. The Morgan fingerprint density at radius 2 is 2.15 bits per heavy atom. The van der Waals surface area contributed by atoms with Crippen molar-refractivity contribution in [2.24, 2.45) is 0 Å². The lowest BCUT2D eigenvalue weighted by Crippen LogP contribution is -2.07. The van der Waals surface area contributed by atoms with Gasteiger partial charge in [-0.15, -0.1) is 0 Å². The van der Waals surface area contributed by atoms with E-state index in [1.165, 1.54) is 6.33 Å². The van der Waals surface area contributed by atoms with E-state index in [9.17, 15) is 0 Å². The standard InChI is InChI=1S/C13H16N6O/c1-4-10-5-11(19-13(18-10)15-7-16-19)14-6-12-17-8(2)9(3)20-12/h5,7,14H,4,6H2,1-3H3. The maximum atomic E-state index is 5.55. The third-order valence-corrected chi connectivity index (χ3v) is 3.16. The summed E-state index contributed by atoms with van der Waals surface area (Å²) in [6, 6.07) is 1.96. The summed E-state index contributed by atoms with van der Waals surface area (Å²) in [6.07, 6.45) is 2.33. The Morgan fingerprint density at radius 3 is 2.85 bits per heavy atom. The third kappa shape index (κ3) is 2.22. The number of fused-ring (bicyclic) bond motifs is 1. The summed E-state index contributed by atoms with van der Waals surface area (Å²) in [5, 5.41) is 7.43. The third-order valence-electron chi connectivity index (χ3n) is 3.16. The molecule has 0 atom stereocenters. The molecule has 7 nitrogen and oxygen atoms in total. The van der Waals surface area contributed by atoms with Crippen molar-refractivity contribution >= 4 is 11.6 Å². The van der Waals surface area contributed by atoms with E-state index < -0.39 is 0 Å². The normalized spacial score (nSPS) is 11.2. The number of rotatable bonds is 4. The molecule has 0 spiro atoms. The minimum atomic E-state index is 0.497. The summed E-state index contributed by atoms with van der Waals surface area (Å²) in [5.74, 6) is 2.92. The van der Waals surface area contributed by atoms with Gasteiger partial charge < -0.3 is 9.73 Å². The van der Waals surface area contributed by atoms with E-state index in [4.69, 9.17) is 4.42 Å². The Labute approximate surface area is 116 Å². The fourth-order valence-corrected chi connectivity index (χ4v) is 1.95. The molecule has 20 heavy (non-hydrogen) atoms. The predicted octanol–water partition coefficient (Wildman–Crippen LogP) is 1.90. The van der Waals surface area contributed by atoms with Crippen molar-refractivity contribution < 1.29 is 4.42 Å². The summed E-state index contributed by atoms with van der Waals surface area (Å²) in [5.41, 5.74) is 1.88. The summed E-state index contributed by atoms with van der Waals surface area (Å²) >= 11 is 0. The van der Waals surface area contributed by atoms with E-state index in [0.717, 1.165) is 29.4 Å². The molecule has 3 rings (SSSR count). The number of aryl methyl sites for hydroxylation is 3. The Balaban J connectivity index is 1.88. The second-order valence-electron chi connectivity index (χ2n) is 4.56. The van der Waals surface area contributed by atoms with Crippen LogP contribution in [0.3, 0.4) is 0 Å². The van der Waals surface area contributed by atoms with Crippen molar-refractivity contribution in [2.45, 2.75) is 33.7 Å². The van der Waals surface area contributed by atoms with Crippen molar-refractivity contribution in [1.82, 2.24) is 24.6 Å². The minimum Gasteiger partial charge on any atom is -0.444 e. The van der Waals surface area contributed by atoms with Gasteiger partial charge >= 0.3 is 0 Å². The van der Waals surface area contributed by atoms with E-state index in [0.29, 0.717) is 18.2 Å². The highest BCUT2D eigenvalue weighted by molar-refractivity contribution is 5.44. The lowest BCUT2D eigenvalue weighted by Gasteiger charge is -2.07. The zero-order valence-electron chi connectivity index (χ0n) is 11.7. The number of nitrogens with one attached hydrogen (secondary N) is 1. The van der Waals surface area contributed by atoms with Crippen molar-refractivity contribution in [3.05, 3.63) is 35.4 Å². The van der Waals surface area contributed by atoms with Gasteiger partial charge in [-0.3, -0.25) is 0 Å². The van der Waals surface area contributed by atoms with Gasteiger partial charge in [0.15, 0.2) is 0 Å². The zero-order valence-corrected chi connectivity index (χ0v) is 11.7. The van der Waals surface area contributed by atoms with Crippen LogP contribution < -0.4 is 5.32 Å². The molecule has 0 saturated carbocycles. The van der Waals surface area contributed by atoms with Crippen LogP contribution in [0.1, 0.15) is 30.0 Å². The van der Waals surface area contributed by atoms with Gasteiger partial charge in [0, 0.05) is 11.8 Å². The number of nitrogens with zero attached hydrogens (tertiary/aromatic N) is 5. The Hall–Kier alpha value is -2.44. The quantitative estimate of drug-likeness (QED) is 0.781. The molecule has 3 aromatic rings. The number of oxazole rings is 1. The van der Waals surface area contributed by atoms with Crippen LogP contribution in [0.15, 0.2) is 16.8 Å². The maximum absolute atomic E-state index is 5.55. The van der Waals surface area contributed by atoms with Gasteiger partial charge in [0.25, 0.3) is 5.78 Å². The molecule has 0 bridgehead atoms. The largest absolute Gasteiger partial charge is 0.444 e. The second-order valence-corrected chi connectivity index (χ2v) is 4.56. The summed E-state index contributed by atoms with van der Waals surface area (Å²) < 4.78 is 7.22. The van der Waals surface area contributed by atoms with Crippen LogP contribution in [0.5, 0.6) is 0 Å². The molecule has 0 aromatic carbocycles. The molecule has 1 N–H and O–H groups in total. The van der Waals surface area contributed by atoms with Crippen LogP contribution in [0.2, 0.25) is 0 Å². The van der Waals surface area contributed by atoms with Gasteiger partial charge in [0.2, 0.25) is 5.89 Å². The molecule has 3 aromatic heterocycles. The summed E-state index contributed by atoms with van der Waals surface area (Å²) in [6.45, 7) is 6.39. The first kappa shape index (κ1) is 12.6. The molecular weight excluding hydrogens is 256 g/mol. The molecule has 0 unspecified atom stereocenters. The van der Waals surface area contributed by atoms with Gasteiger partial charge in [-0.25, -0.2) is 9.97 Å². The molecule has 0 amide bonds. The topological polar surface area (TPSA) is 81.1 Å². The molecule has 0 aliphatic heterocycles. The van der Waals surface area contributed by atoms with Crippen LogP contribution in [-0.2, 0) is 13.0 Å². The summed E-state index contributed by atoms with van der Waals surface area (Å²) in [4.78, 5) is 12.9. The molecule has 0 radical (unpaired) electrons. The average molecular weight is 272 g/mol. The van der Waals surface area contributed by atoms with Gasteiger partial charge in [-0.2, -0.15) is 14.6 Å². The molecule has 0 aliphatic rings. The van der Waals surface area contributed by atoms with Crippen LogP contribution in [0, 0.1) is 13.8 Å². The second kappa shape index (κ2) is 4.92. The van der Waals surface area contributed by atoms with E-state index in [2.05, 4.69) is 32.3 Å². The zero-order chi connectivity index (χ0) is 14.1. The van der Waals surface area contributed by atoms with Crippen LogP contribution >= 0.6 is 0 Å². The van der Waals surface area contributed by atoms with Crippen LogP contribution in [0.4, 0.5) is 5.82 Å². The van der Waals surface area contributed by atoms with Gasteiger partial charge in [0.05, 0.1) is 12.2 Å². The monoisotopic (exact) mass is 272 g/mol. The van der Waals surface area contributed by atoms with E-state index in [-0.39, 0.29) is 0 Å². The minimum absolute atomic E-state index is 0.497. The SMILES string of the molecule is CCc1cc(NCc2nc(C)c(C)o2)n2ncnc2n1. The molecule has 3 heterocycles. The first-order valence-corrected chi connectivity index (χ1v) is 6.54. The highest BCUT2D eigenvalue weighted by Crippen LogP contribution is 2.14. The molecule has 0 fully saturated rings. The van der Waals surface area contributed by atoms with Gasteiger partial charge in [-0.05, 0) is 20.3 Å². The van der Waals surface area contributed by atoms with Crippen LogP contribution in [-0.4, -0.2) is 24.6 Å². The lowest BCUT2D eigenvalue weighted by molar-refractivity contribution is 0.478. The fraction of sp³-hybridized carbons (Fsp3) is 0.385. The summed E-state index contributed by atoms with van der Waals surface area (Å²) in [7, 11) is 0. The van der Waals surface area contributed by atoms with Gasteiger partial charge in [-0.1, -0.05) is 6.92 Å². The van der Waals surface area contributed by atoms with E-state index in [1.807, 2.05) is 19.9 Å². The number of hydrogen-bond acceptors (Lipinski definition) is 6. The smallest absolute Gasteiger partial charge is 0.254 e. The fourth-order valence-electron chi connectivity index (χ4n) is 1.95. The Bertz CT molecular complexity index is 725. The molecule has 0 saturated heterocycles. The van der Waals surface area contributed by atoms with Crippen LogP contribution in [0.25, 0.3) is 5.78 Å². The van der Waals surface area contributed by atoms with Crippen molar-refractivity contribution in [3.63, 3.8) is 0 Å². The van der Waals surface area contributed by atoms with E-state index in [1.54, 1.807) is 4.52 Å².